The fraction of sp³-hybridized carbons (Fsp3) is 0.308. The van der Waals surface area contributed by atoms with Crippen molar-refractivity contribution in [3.8, 4) is 0 Å². The van der Waals surface area contributed by atoms with Crippen molar-refractivity contribution in [3.05, 3.63) is 35.9 Å². The number of thioether (sulfide) groups is 1. The lowest BCUT2D eigenvalue weighted by Gasteiger charge is -2.13. The minimum Gasteiger partial charge on any atom is -0.468 e. The maximum Gasteiger partial charge on any atom is 0.324 e. The number of hydrogen-bond acceptors (Lipinski definition) is 6. The third-order valence-electron chi connectivity index (χ3n) is 2.93. The van der Waals surface area contributed by atoms with Gasteiger partial charge in [0.1, 0.15) is 11.0 Å². The molecule has 2 rings (SSSR count). The largest absolute Gasteiger partial charge is 0.468 e. The van der Waals surface area contributed by atoms with Crippen LogP contribution < -0.4 is 5.32 Å². The van der Waals surface area contributed by atoms with Crippen LogP contribution in [0.1, 0.15) is 10.4 Å². The third kappa shape index (κ3) is 2.93. The fourth-order valence-electron chi connectivity index (χ4n) is 1.91. The lowest BCUT2D eigenvalue weighted by molar-refractivity contribution is -0.138. The Morgan fingerprint density at radius 3 is 2.70 bits per heavy atom. The van der Waals surface area contributed by atoms with Gasteiger partial charge in [0.05, 0.1) is 13.2 Å². The maximum atomic E-state index is 12.0. The highest BCUT2D eigenvalue weighted by Crippen LogP contribution is 2.26. The number of nitrogens with zero attached hydrogens (tertiary/aromatic N) is 1. The van der Waals surface area contributed by atoms with Gasteiger partial charge in [-0.3, -0.25) is 9.59 Å². The van der Waals surface area contributed by atoms with E-state index in [-0.39, 0.29) is 11.6 Å². The van der Waals surface area contributed by atoms with Gasteiger partial charge in [-0.05, 0) is 12.1 Å². The zero-order valence-corrected chi connectivity index (χ0v) is 11.6. The predicted molar refractivity (Wildman–Crippen MR) is 75.2 cm³/mol. The molecule has 1 saturated heterocycles. The lowest BCUT2D eigenvalue weighted by atomic mass is 10.1. The van der Waals surface area contributed by atoms with Gasteiger partial charge in [-0.25, -0.2) is 0 Å². The van der Waals surface area contributed by atoms with Crippen LogP contribution in [0.3, 0.4) is 0 Å². The van der Waals surface area contributed by atoms with Crippen LogP contribution in [0.2, 0.25) is 0 Å². The smallest absolute Gasteiger partial charge is 0.324 e. The van der Waals surface area contributed by atoms with E-state index in [9.17, 15) is 9.59 Å². The molecule has 1 heterocycles. The van der Waals surface area contributed by atoms with E-state index < -0.39 is 17.3 Å². The molecule has 2 atom stereocenters. The monoisotopic (exact) mass is 294 g/mol. The van der Waals surface area contributed by atoms with Crippen molar-refractivity contribution in [2.75, 3.05) is 12.9 Å². The number of carbonyl (C=O) groups excluding carboxylic acids is 2. The first-order valence-corrected chi connectivity index (χ1v) is 6.99. The highest BCUT2D eigenvalue weighted by molar-refractivity contribution is 8.02. The van der Waals surface area contributed by atoms with Gasteiger partial charge < -0.3 is 15.3 Å². The normalized spacial score (nSPS) is 23.6. The van der Waals surface area contributed by atoms with Gasteiger partial charge in [-0.1, -0.05) is 23.4 Å². The quantitative estimate of drug-likeness (QED) is 0.491. The molecule has 0 saturated carbocycles. The molecule has 106 valence electrons. The molecule has 0 aromatic heterocycles. The van der Waals surface area contributed by atoms with E-state index in [0.29, 0.717) is 11.3 Å². The lowest BCUT2D eigenvalue weighted by Crippen LogP contribution is -2.43. The number of carbonyl (C=O) groups is 2. The molecule has 0 unspecified atom stereocenters. The summed E-state index contributed by atoms with van der Waals surface area (Å²) in [5.41, 5.74) is 0.724. The van der Waals surface area contributed by atoms with E-state index >= 15 is 0 Å². The third-order valence-corrected chi connectivity index (χ3v) is 4.22. The second-order valence-electron chi connectivity index (χ2n) is 4.15. The van der Waals surface area contributed by atoms with Crippen molar-refractivity contribution in [2.45, 2.75) is 11.3 Å². The molecule has 1 aliphatic heterocycles. The average molecular weight is 294 g/mol. The molecular formula is C13H14N2O4S. The minimum absolute atomic E-state index is 0.214. The van der Waals surface area contributed by atoms with E-state index in [4.69, 9.17) is 5.21 Å². The Balaban J connectivity index is 2.07. The summed E-state index contributed by atoms with van der Waals surface area (Å²) in [7, 11) is 1.27. The van der Waals surface area contributed by atoms with Gasteiger partial charge in [-0.2, -0.15) is 0 Å². The highest BCUT2D eigenvalue weighted by Gasteiger charge is 2.39. The molecule has 0 spiro atoms. The maximum absolute atomic E-state index is 12.0. The van der Waals surface area contributed by atoms with Crippen LogP contribution in [0, 0.1) is 0 Å². The first-order chi connectivity index (χ1) is 9.67. The zero-order chi connectivity index (χ0) is 14.5. The van der Waals surface area contributed by atoms with E-state index in [1.54, 1.807) is 24.3 Å². The van der Waals surface area contributed by atoms with Crippen molar-refractivity contribution in [1.82, 2.24) is 5.32 Å². The van der Waals surface area contributed by atoms with Crippen LogP contribution in [-0.4, -0.2) is 46.9 Å². The summed E-state index contributed by atoms with van der Waals surface area (Å²) in [6, 6.07) is 8.22. The average Bonchev–Trinajstić information content (AvgIpc) is 2.89. The number of oxime groups is 1. The van der Waals surface area contributed by atoms with E-state index in [1.165, 1.54) is 18.9 Å². The van der Waals surface area contributed by atoms with Gasteiger partial charge in [0, 0.05) is 11.3 Å². The second-order valence-corrected chi connectivity index (χ2v) is 5.29. The van der Waals surface area contributed by atoms with Crippen molar-refractivity contribution in [3.63, 3.8) is 0 Å². The molecule has 7 heteroatoms. The number of hydrogen-bond donors (Lipinski definition) is 2. The molecular weight excluding hydrogens is 280 g/mol. The second kappa shape index (κ2) is 6.42. The summed E-state index contributed by atoms with van der Waals surface area (Å²) in [6.45, 7) is 0. The SMILES string of the molecule is COC(=O)[C@@H]1SC[C@@H](NC(=O)c2ccccc2)/C1=N\O. The number of benzene rings is 1. The summed E-state index contributed by atoms with van der Waals surface area (Å²) in [6.07, 6.45) is 0. The van der Waals surface area contributed by atoms with Gasteiger partial charge in [-0.15, -0.1) is 11.8 Å². The van der Waals surface area contributed by atoms with Gasteiger partial charge in [0.2, 0.25) is 0 Å². The molecule has 20 heavy (non-hydrogen) atoms. The van der Waals surface area contributed by atoms with Crippen molar-refractivity contribution in [2.24, 2.45) is 5.16 Å². The molecule has 0 radical (unpaired) electrons. The Morgan fingerprint density at radius 1 is 1.40 bits per heavy atom. The van der Waals surface area contributed by atoms with Crippen molar-refractivity contribution < 1.29 is 19.5 Å². The first-order valence-electron chi connectivity index (χ1n) is 5.94. The van der Waals surface area contributed by atoms with E-state index in [2.05, 4.69) is 15.2 Å². The summed E-state index contributed by atoms with van der Waals surface area (Å²) in [4.78, 5) is 23.6. The van der Waals surface area contributed by atoms with Gasteiger partial charge in [0.25, 0.3) is 5.91 Å². The topological polar surface area (TPSA) is 88.0 Å². The van der Waals surface area contributed by atoms with Crippen LogP contribution in [0.25, 0.3) is 0 Å². The highest BCUT2D eigenvalue weighted by atomic mass is 32.2. The van der Waals surface area contributed by atoms with Crippen LogP contribution in [-0.2, 0) is 9.53 Å². The Kier molecular flexibility index (Phi) is 4.62. The molecule has 1 aromatic rings. The molecule has 1 fully saturated rings. The van der Waals surface area contributed by atoms with E-state index in [1.807, 2.05) is 6.07 Å². The summed E-state index contributed by atoms with van der Waals surface area (Å²) < 4.78 is 4.64. The molecule has 0 aliphatic carbocycles. The molecule has 0 bridgehead atoms. The van der Waals surface area contributed by atoms with Gasteiger partial charge in [0.15, 0.2) is 0 Å². The Labute approximate surface area is 120 Å². The number of rotatable bonds is 3. The van der Waals surface area contributed by atoms with E-state index in [0.717, 1.165) is 0 Å². The Hall–Kier alpha value is -2.02. The number of methoxy groups -OCH3 is 1. The molecule has 2 N–H and O–H groups in total. The fourth-order valence-corrected chi connectivity index (χ4v) is 3.16. The summed E-state index contributed by atoms with van der Waals surface area (Å²) in [5.74, 6) is -0.306. The van der Waals surface area contributed by atoms with Crippen LogP contribution in [0.15, 0.2) is 35.5 Å². The van der Waals surface area contributed by atoms with Crippen molar-refractivity contribution >= 4 is 29.4 Å². The Morgan fingerprint density at radius 2 is 2.10 bits per heavy atom. The van der Waals surface area contributed by atoms with Gasteiger partial charge >= 0.3 is 5.97 Å². The minimum atomic E-state index is -0.675. The summed E-state index contributed by atoms with van der Waals surface area (Å²) in [5, 5.41) is 14.3. The zero-order valence-electron chi connectivity index (χ0n) is 10.8. The molecule has 6 nitrogen and oxygen atoms in total. The number of esters is 1. The van der Waals surface area contributed by atoms with Crippen LogP contribution >= 0.6 is 11.8 Å². The molecule has 1 aromatic carbocycles. The summed E-state index contributed by atoms with van der Waals surface area (Å²) >= 11 is 1.27. The first kappa shape index (κ1) is 14.4. The number of amides is 1. The Bertz CT molecular complexity index is 532. The molecule has 1 amide bonds. The number of nitrogens with one attached hydrogen (secondary N) is 1. The predicted octanol–water partition coefficient (Wildman–Crippen LogP) is 0.904. The van der Waals surface area contributed by atoms with Crippen molar-refractivity contribution in [1.29, 1.82) is 0 Å². The molecule has 1 aliphatic rings. The standard InChI is InChI=1S/C13H14N2O4S/c1-19-13(17)11-10(15-18)9(7-20-11)14-12(16)8-5-3-2-4-6-8/h2-6,9,11,18H,7H2,1H3,(H,14,16)/b15-10+/t9-,11-/m1/s1. The number of ether oxygens (including phenoxy) is 1. The van der Waals surface area contributed by atoms with Crippen LogP contribution in [0.5, 0.6) is 0 Å². The van der Waals surface area contributed by atoms with Crippen LogP contribution in [0.4, 0.5) is 0 Å².